The minimum absolute atomic E-state index is 0.0870. The quantitative estimate of drug-likeness (QED) is 0.786. The monoisotopic (exact) mass is 327 g/mol. The van der Waals surface area contributed by atoms with Crippen LogP contribution >= 0.6 is 11.8 Å². The Labute approximate surface area is 135 Å². The van der Waals surface area contributed by atoms with Crippen LogP contribution in [0.4, 0.5) is 0 Å². The Balaban J connectivity index is 1.56. The van der Waals surface area contributed by atoms with Crippen LogP contribution in [0.1, 0.15) is 19.3 Å². The van der Waals surface area contributed by atoms with E-state index in [4.69, 9.17) is 4.74 Å². The van der Waals surface area contributed by atoms with Crippen molar-refractivity contribution in [1.82, 2.24) is 15.1 Å². The lowest BCUT2D eigenvalue weighted by Crippen LogP contribution is -2.51. The average Bonchev–Trinajstić information content (AvgIpc) is 3.05. The second-order valence-electron chi connectivity index (χ2n) is 6.11. The van der Waals surface area contributed by atoms with Gasteiger partial charge in [-0.2, -0.15) is 11.8 Å². The number of nitrogens with one attached hydrogen (secondary N) is 1. The van der Waals surface area contributed by atoms with Gasteiger partial charge in [0, 0.05) is 50.1 Å². The predicted octanol–water partition coefficient (Wildman–Crippen LogP) is -0.0687. The van der Waals surface area contributed by atoms with Crippen LogP contribution in [0.15, 0.2) is 0 Å². The molecule has 22 heavy (non-hydrogen) atoms. The largest absolute Gasteiger partial charge is 0.378 e. The van der Waals surface area contributed by atoms with Gasteiger partial charge in [-0.15, -0.1) is 0 Å². The molecule has 7 heteroatoms. The van der Waals surface area contributed by atoms with Crippen molar-refractivity contribution in [3.8, 4) is 0 Å². The lowest BCUT2D eigenvalue weighted by molar-refractivity contribution is -0.144. The number of hydrogen-bond acceptors (Lipinski definition) is 5. The lowest BCUT2D eigenvalue weighted by Gasteiger charge is -2.33. The van der Waals surface area contributed by atoms with Gasteiger partial charge in [0.05, 0.1) is 13.2 Å². The molecule has 0 aromatic rings. The van der Waals surface area contributed by atoms with Crippen LogP contribution in [-0.2, 0) is 14.3 Å². The fourth-order valence-corrected chi connectivity index (χ4v) is 4.30. The summed E-state index contributed by atoms with van der Waals surface area (Å²) in [4.78, 5) is 29.0. The molecule has 2 amide bonds. The van der Waals surface area contributed by atoms with Gasteiger partial charge in [0.25, 0.3) is 0 Å². The van der Waals surface area contributed by atoms with Gasteiger partial charge in [-0.05, 0) is 12.8 Å². The summed E-state index contributed by atoms with van der Waals surface area (Å²) in [5.74, 6) is 2.26. The molecule has 2 atom stereocenters. The van der Waals surface area contributed by atoms with E-state index in [0.29, 0.717) is 26.2 Å². The molecule has 0 radical (unpaired) electrons. The first-order valence-electron chi connectivity index (χ1n) is 8.23. The molecular weight excluding hydrogens is 302 g/mol. The summed E-state index contributed by atoms with van der Waals surface area (Å²) < 4.78 is 5.40. The highest BCUT2D eigenvalue weighted by Gasteiger charge is 2.37. The van der Waals surface area contributed by atoms with Crippen LogP contribution in [0.25, 0.3) is 0 Å². The molecular formula is C15H25N3O3S. The zero-order valence-corrected chi connectivity index (χ0v) is 13.8. The van der Waals surface area contributed by atoms with E-state index in [1.54, 1.807) is 4.90 Å². The van der Waals surface area contributed by atoms with Crippen LogP contribution in [-0.4, -0.2) is 84.6 Å². The number of amides is 2. The van der Waals surface area contributed by atoms with Crippen molar-refractivity contribution in [3.63, 3.8) is 0 Å². The first kappa shape index (κ1) is 16.1. The molecule has 1 N–H and O–H groups in total. The molecule has 3 heterocycles. The van der Waals surface area contributed by atoms with Gasteiger partial charge in [0.15, 0.2) is 0 Å². The fourth-order valence-electron chi connectivity index (χ4n) is 3.40. The highest BCUT2D eigenvalue weighted by atomic mass is 32.2. The predicted molar refractivity (Wildman–Crippen MR) is 85.9 cm³/mol. The third-order valence-corrected chi connectivity index (χ3v) is 5.54. The maximum absolute atomic E-state index is 12.7. The van der Waals surface area contributed by atoms with E-state index < -0.39 is 0 Å². The number of nitrogens with zero attached hydrogens (tertiary/aromatic N) is 2. The van der Waals surface area contributed by atoms with Gasteiger partial charge in [0.2, 0.25) is 11.8 Å². The topological polar surface area (TPSA) is 61.9 Å². The van der Waals surface area contributed by atoms with Gasteiger partial charge < -0.3 is 19.9 Å². The Bertz CT molecular complexity index is 409. The van der Waals surface area contributed by atoms with E-state index >= 15 is 0 Å². The molecule has 0 spiro atoms. The molecule has 3 saturated heterocycles. The molecule has 3 rings (SSSR count). The number of ether oxygens (including phenoxy) is 1. The number of rotatable bonds is 3. The van der Waals surface area contributed by atoms with Crippen LogP contribution in [0.3, 0.4) is 0 Å². The maximum atomic E-state index is 12.7. The normalized spacial score (nSPS) is 29.6. The number of hydrogen-bond donors (Lipinski definition) is 1. The SMILES string of the molecule is O=C(C1CCCN1C(=O)CC1COCCN1)N1CCSCC1. The van der Waals surface area contributed by atoms with Gasteiger partial charge in [-0.3, -0.25) is 9.59 Å². The molecule has 6 nitrogen and oxygen atoms in total. The van der Waals surface area contributed by atoms with Crippen molar-refractivity contribution >= 4 is 23.6 Å². The minimum Gasteiger partial charge on any atom is -0.378 e. The highest BCUT2D eigenvalue weighted by molar-refractivity contribution is 7.99. The second kappa shape index (κ2) is 7.66. The zero-order valence-electron chi connectivity index (χ0n) is 13.0. The third kappa shape index (κ3) is 3.75. The molecule has 0 aliphatic carbocycles. The van der Waals surface area contributed by atoms with Crippen LogP contribution in [0.2, 0.25) is 0 Å². The van der Waals surface area contributed by atoms with E-state index in [1.807, 2.05) is 16.7 Å². The van der Waals surface area contributed by atoms with E-state index in [0.717, 1.165) is 44.0 Å². The molecule has 0 bridgehead atoms. The van der Waals surface area contributed by atoms with Crippen molar-refractivity contribution in [2.75, 3.05) is 50.9 Å². The molecule has 0 aromatic carbocycles. The first-order chi connectivity index (χ1) is 10.8. The Morgan fingerprint density at radius 1 is 1.23 bits per heavy atom. The molecule has 124 valence electrons. The van der Waals surface area contributed by atoms with Gasteiger partial charge in [-0.1, -0.05) is 0 Å². The summed E-state index contributed by atoms with van der Waals surface area (Å²) in [6, 6.07) is -0.149. The van der Waals surface area contributed by atoms with Crippen LogP contribution in [0.5, 0.6) is 0 Å². The number of thioether (sulfide) groups is 1. The Kier molecular flexibility index (Phi) is 5.60. The van der Waals surface area contributed by atoms with Gasteiger partial charge >= 0.3 is 0 Å². The first-order valence-corrected chi connectivity index (χ1v) is 9.38. The standard InChI is InChI=1S/C15H25N3O3S/c19-14(10-12-11-21-7-3-16-12)18-4-1-2-13(18)15(20)17-5-8-22-9-6-17/h12-13,16H,1-11H2. The molecule has 3 aliphatic rings. The summed E-state index contributed by atoms with van der Waals surface area (Å²) in [7, 11) is 0. The van der Waals surface area contributed by atoms with Crippen molar-refractivity contribution in [2.24, 2.45) is 0 Å². The van der Waals surface area contributed by atoms with Gasteiger partial charge in [-0.25, -0.2) is 0 Å². The Morgan fingerprint density at radius 2 is 2.05 bits per heavy atom. The van der Waals surface area contributed by atoms with Crippen LogP contribution in [0, 0.1) is 0 Å². The lowest BCUT2D eigenvalue weighted by atomic mass is 10.1. The van der Waals surface area contributed by atoms with E-state index in [-0.39, 0.29) is 23.9 Å². The molecule has 2 unspecified atom stereocenters. The summed E-state index contributed by atoms with van der Waals surface area (Å²) in [5, 5.41) is 3.31. The summed E-state index contributed by atoms with van der Waals surface area (Å²) in [6.45, 7) is 4.45. The third-order valence-electron chi connectivity index (χ3n) is 4.60. The zero-order chi connectivity index (χ0) is 15.4. The minimum atomic E-state index is -0.236. The van der Waals surface area contributed by atoms with Crippen LogP contribution < -0.4 is 5.32 Å². The Morgan fingerprint density at radius 3 is 2.77 bits per heavy atom. The molecule has 0 saturated carbocycles. The summed E-state index contributed by atoms with van der Waals surface area (Å²) >= 11 is 1.89. The average molecular weight is 327 g/mol. The van der Waals surface area contributed by atoms with Crippen molar-refractivity contribution in [1.29, 1.82) is 0 Å². The maximum Gasteiger partial charge on any atom is 0.245 e. The smallest absolute Gasteiger partial charge is 0.245 e. The van der Waals surface area contributed by atoms with Gasteiger partial charge in [0.1, 0.15) is 6.04 Å². The highest BCUT2D eigenvalue weighted by Crippen LogP contribution is 2.22. The summed E-state index contributed by atoms with van der Waals surface area (Å²) in [5.41, 5.74) is 0. The van der Waals surface area contributed by atoms with Crippen molar-refractivity contribution in [2.45, 2.75) is 31.3 Å². The number of carbonyl (C=O) groups is 2. The molecule has 3 aliphatic heterocycles. The van der Waals surface area contributed by atoms with Crippen molar-refractivity contribution in [3.05, 3.63) is 0 Å². The summed E-state index contributed by atoms with van der Waals surface area (Å²) in [6.07, 6.45) is 2.17. The number of carbonyl (C=O) groups excluding carboxylic acids is 2. The second-order valence-corrected chi connectivity index (χ2v) is 7.34. The molecule has 0 aromatic heterocycles. The number of likely N-dealkylation sites (tertiary alicyclic amines) is 1. The Hall–Kier alpha value is -0.790. The van der Waals surface area contributed by atoms with Crippen molar-refractivity contribution < 1.29 is 14.3 Å². The van der Waals surface area contributed by atoms with E-state index in [1.165, 1.54) is 0 Å². The van der Waals surface area contributed by atoms with E-state index in [2.05, 4.69) is 5.32 Å². The fraction of sp³-hybridized carbons (Fsp3) is 0.867. The number of morpholine rings is 1. The van der Waals surface area contributed by atoms with E-state index in [9.17, 15) is 9.59 Å². The molecule has 3 fully saturated rings.